The summed E-state index contributed by atoms with van der Waals surface area (Å²) in [5.41, 5.74) is -5.50. The topological polar surface area (TPSA) is 63.6 Å². The summed E-state index contributed by atoms with van der Waals surface area (Å²) in [7, 11) is -5.61. The van der Waals surface area contributed by atoms with E-state index in [0.717, 1.165) is 12.2 Å². The molecule has 0 saturated heterocycles. The van der Waals surface area contributed by atoms with Crippen LogP contribution >= 0.6 is 0 Å². The Hall–Kier alpha value is -1.44. The van der Waals surface area contributed by atoms with Gasteiger partial charge in [0.1, 0.15) is 0 Å². The van der Waals surface area contributed by atoms with E-state index in [9.17, 15) is 26.4 Å². The minimum atomic E-state index is -5.61. The third-order valence-corrected chi connectivity index (χ3v) is 3.48. The predicted molar refractivity (Wildman–Crippen MR) is 64.1 cm³/mol. The maximum atomic E-state index is 12.2. The Morgan fingerprint density at radius 3 is 2.16 bits per heavy atom. The maximum absolute atomic E-state index is 12.2. The van der Waals surface area contributed by atoms with Gasteiger partial charge in [-0.3, -0.25) is 4.79 Å². The number of hydrogen-bond donors (Lipinski definition) is 0. The van der Waals surface area contributed by atoms with Crippen LogP contribution in [0.1, 0.15) is 20.8 Å². The van der Waals surface area contributed by atoms with E-state index in [1.807, 2.05) is 0 Å². The van der Waals surface area contributed by atoms with E-state index in [1.54, 1.807) is 13.8 Å². The molecule has 0 N–H and O–H groups in total. The number of carbonyl (C=O) groups is 1. The first-order valence-electron chi connectivity index (χ1n) is 5.31. The quantitative estimate of drug-likeness (QED) is 0.735. The zero-order valence-corrected chi connectivity index (χ0v) is 11.3. The molecule has 8 heteroatoms. The highest BCUT2D eigenvalue weighted by atomic mass is 32.2. The van der Waals surface area contributed by atoms with Crippen molar-refractivity contribution in [3.63, 3.8) is 0 Å². The van der Waals surface area contributed by atoms with Crippen molar-refractivity contribution in [3.05, 3.63) is 23.3 Å². The van der Waals surface area contributed by atoms with Gasteiger partial charge in [-0.25, -0.2) is 0 Å². The zero-order valence-electron chi connectivity index (χ0n) is 10.4. The Bertz CT molecular complexity index is 595. The second kappa shape index (κ2) is 4.92. The second-order valence-electron chi connectivity index (χ2n) is 4.34. The fraction of sp³-hybridized carbons (Fsp3) is 0.455. The molecule has 0 heterocycles. The molecule has 0 fully saturated rings. The van der Waals surface area contributed by atoms with Crippen molar-refractivity contribution >= 4 is 21.5 Å². The van der Waals surface area contributed by atoms with Crippen LogP contribution in [0, 0.1) is 5.92 Å². The molecule has 0 unspecified atom stereocenters. The average molecular weight is 295 g/mol. The van der Waals surface area contributed by atoms with E-state index >= 15 is 0 Å². The molecule has 0 aromatic heterocycles. The molecule has 1 aliphatic carbocycles. The molecular formula is C11H12F3NO3S. The van der Waals surface area contributed by atoms with E-state index in [4.69, 9.17) is 0 Å². The molecule has 0 aliphatic heterocycles. The molecule has 0 aromatic carbocycles. The third-order valence-electron chi connectivity index (χ3n) is 2.46. The first-order valence-corrected chi connectivity index (χ1v) is 6.75. The largest absolute Gasteiger partial charge is 0.518 e. The molecular weight excluding hydrogens is 283 g/mol. The molecule has 106 valence electrons. The van der Waals surface area contributed by atoms with Crippen LogP contribution in [0.25, 0.3) is 0 Å². The summed E-state index contributed by atoms with van der Waals surface area (Å²) in [5.74, 6) is -0.591. The Kier molecular flexibility index (Phi) is 4.04. The van der Waals surface area contributed by atoms with Crippen molar-refractivity contribution < 1.29 is 26.4 Å². The normalized spacial score (nSPS) is 19.7. The summed E-state index contributed by atoms with van der Waals surface area (Å²) >= 11 is 0. The Morgan fingerprint density at radius 2 is 1.74 bits per heavy atom. The smallest absolute Gasteiger partial charge is 0.290 e. The molecule has 1 aliphatic rings. The summed E-state index contributed by atoms with van der Waals surface area (Å²) in [6.45, 7) is 4.68. The van der Waals surface area contributed by atoms with Gasteiger partial charge in [0.2, 0.25) is 0 Å². The minimum absolute atomic E-state index is 0.0854. The monoisotopic (exact) mass is 295 g/mol. The number of sulfonamides is 1. The lowest BCUT2D eigenvalue weighted by Gasteiger charge is -2.15. The van der Waals surface area contributed by atoms with E-state index in [-0.39, 0.29) is 28.6 Å². The van der Waals surface area contributed by atoms with Crippen molar-refractivity contribution in [1.82, 2.24) is 0 Å². The zero-order chi connectivity index (χ0) is 15.0. The first kappa shape index (κ1) is 15.6. The van der Waals surface area contributed by atoms with Crippen molar-refractivity contribution in [3.8, 4) is 0 Å². The Morgan fingerprint density at radius 1 is 1.21 bits per heavy atom. The number of carbonyl (C=O) groups excluding carboxylic acids is 1. The van der Waals surface area contributed by atoms with Gasteiger partial charge in [-0.15, -0.1) is 0 Å². The van der Waals surface area contributed by atoms with Gasteiger partial charge in [0.15, 0.2) is 5.78 Å². The predicted octanol–water partition coefficient (Wildman–Crippen LogP) is 2.39. The molecule has 0 spiro atoms. The Labute approximate surface area is 108 Å². The van der Waals surface area contributed by atoms with Gasteiger partial charge >= 0.3 is 15.5 Å². The summed E-state index contributed by atoms with van der Waals surface area (Å²) < 4.78 is 61.4. The third kappa shape index (κ3) is 3.31. The van der Waals surface area contributed by atoms with E-state index < -0.39 is 15.5 Å². The average Bonchev–Trinajstić information content (AvgIpc) is 2.19. The van der Waals surface area contributed by atoms with Crippen LogP contribution in [0.15, 0.2) is 27.7 Å². The van der Waals surface area contributed by atoms with Crippen molar-refractivity contribution in [2.24, 2.45) is 10.3 Å². The lowest BCUT2D eigenvalue weighted by molar-refractivity contribution is -0.111. The van der Waals surface area contributed by atoms with Crippen molar-refractivity contribution in [2.75, 3.05) is 0 Å². The highest BCUT2D eigenvalue weighted by molar-refractivity contribution is 7.91. The summed E-state index contributed by atoms with van der Waals surface area (Å²) in [4.78, 5) is 11.6. The number of allylic oxidation sites excluding steroid dienone is 4. The van der Waals surface area contributed by atoms with Crippen LogP contribution in [-0.4, -0.2) is 25.4 Å². The van der Waals surface area contributed by atoms with Crippen LogP contribution in [0.3, 0.4) is 0 Å². The Balaban J connectivity index is 3.35. The van der Waals surface area contributed by atoms with E-state index in [2.05, 4.69) is 4.40 Å². The first-order chi connectivity index (χ1) is 8.45. The fourth-order valence-electron chi connectivity index (χ4n) is 1.42. The number of rotatable bonds is 2. The second-order valence-corrected chi connectivity index (χ2v) is 5.94. The van der Waals surface area contributed by atoms with Crippen molar-refractivity contribution in [1.29, 1.82) is 0 Å². The van der Waals surface area contributed by atoms with Gasteiger partial charge in [-0.05, 0) is 30.6 Å². The molecule has 4 nitrogen and oxygen atoms in total. The molecule has 0 amide bonds. The molecule has 0 atom stereocenters. The molecule has 0 bridgehead atoms. The fourth-order valence-corrected chi connectivity index (χ4v) is 1.98. The standard InChI is InChI=1S/C11H12F3NO3S/c1-6(2)8-5-9(7(3)4-10(8)16)15-19(17,18)11(12,13)14/h4-6H,1-3H3. The number of hydrogen-bond acceptors (Lipinski definition) is 3. The van der Waals surface area contributed by atoms with Gasteiger partial charge in [-0.1, -0.05) is 13.8 Å². The summed E-state index contributed by atoms with van der Waals surface area (Å²) in [6, 6.07) is 0. The van der Waals surface area contributed by atoms with Crippen LogP contribution in [0.4, 0.5) is 13.2 Å². The van der Waals surface area contributed by atoms with Crippen LogP contribution in [0.2, 0.25) is 0 Å². The number of nitrogens with zero attached hydrogens (tertiary/aromatic N) is 1. The molecule has 19 heavy (non-hydrogen) atoms. The summed E-state index contributed by atoms with van der Waals surface area (Å²) in [5, 5.41) is 0. The minimum Gasteiger partial charge on any atom is -0.290 e. The van der Waals surface area contributed by atoms with Gasteiger partial charge in [0, 0.05) is 5.57 Å². The number of halogens is 3. The van der Waals surface area contributed by atoms with Crippen molar-refractivity contribution in [2.45, 2.75) is 26.3 Å². The molecule has 0 radical (unpaired) electrons. The van der Waals surface area contributed by atoms with Crippen LogP contribution < -0.4 is 0 Å². The van der Waals surface area contributed by atoms with Gasteiger partial charge in [-0.2, -0.15) is 26.0 Å². The lowest BCUT2D eigenvalue weighted by Crippen LogP contribution is -2.23. The van der Waals surface area contributed by atoms with Gasteiger partial charge < -0.3 is 0 Å². The highest BCUT2D eigenvalue weighted by Gasteiger charge is 2.46. The van der Waals surface area contributed by atoms with Crippen LogP contribution in [-0.2, 0) is 14.8 Å². The maximum Gasteiger partial charge on any atom is 0.518 e. The molecule has 1 rings (SSSR count). The molecule has 0 aromatic rings. The van der Waals surface area contributed by atoms with Crippen LogP contribution in [0.5, 0.6) is 0 Å². The lowest BCUT2D eigenvalue weighted by atomic mass is 9.90. The summed E-state index contributed by atoms with van der Waals surface area (Å²) in [6.07, 6.45) is 2.17. The number of ketones is 1. The molecule has 0 saturated carbocycles. The van der Waals surface area contributed by atoms with Gasteiger partial charge in [0.05, 0.1) is 5.71 Å². The number of alkyl halides is 3. The van der Waals surface area contributed by atoms with E-state index in [1.165, 1.54) is 6.92 Å². The van der Waals surface area contributed by atoms with E-state index in [0.29, 0.717) is 0 Å². The van der Waals surface area contributed by atoms with Gasteiger partial charge in [0.25, 0.3) is 0 Å². The highest BCUT2D eigenvalue weighted by Crippen LogP contribution is 2.27. The SMILES string of the molecule is CC1=CC(=O)C(C(C)C)=CC1=NS(=O)(=O)C(F)(F)F.